The molecule has 1 aliphatic carbocycles. The van der Waals surface area contributed by atoms with Crippen LogP contribution in [0, 0.1) is 5.82 Å². The van der Waals surface area contributed by atoms with Gasteiger partial charge in [-0.05, 0) is 60.7 Å². The lowest BCUT2D eigenvalue weighted by atomic mass is 10.1. The molecular weight excluding hydrogens is 215 g/mol. The summed E-state index contributed by atoms with van der Waals surface area (Å²) in [5, 5.41) is 0. The smallest absolute Gasteiger partial charge is 0.127 e. The zero-order valence-corrected chi connectivity index (χ0v) is 9.40. The summed E-state index contributed by atoms with van der Waals surface area (Å²) >= 11 is 0. The number of hydrogen-bond acceptors (Lipinski definition) is 1. The molecule has 0 atom stereocenters. The van der Waals surface area contributed by atoms with Crippen LogP contribution in [0.25, 0.3) is 0 Å². The molecule has 0 saturated heterocycles. The van der Waals surface area contributed by atoms with Crippen molar-refractivity contribution in [1.82, 2.24) is 0 Å². The summed E-state index contributed by atoms with van der Waals surface area (Å²) < 4.78 is 18.4. The minimum atomic E-state index is -0.246. The van der Waals surface area contributed by atoms with E-state index >= 15 is 0 Å². The van der Waals surface area contributed by atoms with Crippen molar-refractivity contribution in [1.29, 1.82) is 0 Å². The Bertz CT molecular complexity index is 515. The molecule has 1 saturated carbocycles. The highest BCUT2D eigenvalue weighted by Crippen LogP contribution is 2.41. The molecule has 0 N–H and O–H groups in total. The second-order valence-electron chi connectivity index (χ2n) is 4.40. The van der Waals surface area contributed by atoms with Crippen molar-refractivity contribution in [2.24, 2.45) is 0 Å². The first-order valence-electron chi connectivity index (χ1n) is 5.85. The van der Waals surface area contributed by atoms with Crippen molar-refractivity contribution < 1.29 is 9.13 Å². The Balaban J connectivity index is 1.79. The standard InChI is InChI=1S/C15H13FO/c16-13-6-8-14(9-7-13)17-15-3-1-2-12(10-15)11-4-5-11/h1-3,6-11H,4-5H2. The summed E-state index contributed by atoms with van der Waals surface area (Å²) in [6.45, 7) is 0. The lowest BCUT2D eigenvalue weighted by Crippen LogP contribution is -1.86. The maximum absolute atomic E-state index is 12.7. The Morgan fingerprint density at radius 1 is 0.941 bits per heavy atom. The van der Waals surface area contributed by atoms with Crippen LogP contribution < -0.4 is 4.74 Å². The average Bonchev–Trinajstić information content (AvgIpc) is 3.17. The van der Waals surface area contributed by atoms with Crippen LogP contribution in [0.5, 0.6) is 11.5 Å². The first kappa shape index (κ1) is 10.3. The van der Waals surface area contributed by atoms with E-state index in [2.05, 4.69) is 12.1 Å². The highest BCUT2D eigenvalue weighted by atomic mass is 19.1. The third-order valence-electron chi connectivity index (χ3n) is 2.96. The Hall–Kier alpha value is -1.83. The lowest BCUT2D eigenvalue weighted by molar-refractivity contribution is 0.480. The van der Waals surface area contributed by atoms with Gasteiger partial charge in [-0.3, -0.25) is 0 Å². The highest BCUT2D eigenvalue weighted by Gasteiger charge is 2.23. The maximum Gasteiger partial charge on any atom is 0.127 e. The molecule has 1 nitrogen and oxygen atoms in total. The zero-order valence-electron chi connectivity index (χ0n) is 9.40. The van der Waals surface area contributed by atoms with Gasteiger partial charge in [0.25, 0.3) is 0 Å². The lowest BCUT2D eigenvalue weighted by Gasteiger charge is -2.07. The Labute approximate surface area is 99.9 Å². The second kappa shape index (κ2) is 4.21. The van der Waals surface area contributed by atoms with Crippen LogP contribution in [-0.4, -0.2) is 0 Å². The van der Waals surface area contributed by atoms with E-state index in [1.165, 1.54) is 30.5 Å². The molecule has 1 aliphatic rings. The topological polar surface area (TPSA) is 9.23 Å². The summed E-state index contributed by atoms with van der Waals surface area (Å²) in [5.41, 5.74) is 1.34. The normalized spacial score (nSPS) is 14.6. The molecule has 0 unspecified atom stereocenters. The summed E-state index contributed by atoms with van der Waals surface area (Å²) in [7, 11) is 0. The third kappa shape index (κ3) is 2.47. The van der Waals surface area contributed by atoms with Crippen LogP contribution >= 0.6 is 0 Å². The maximum atomic E-state index is 12.7. The summed E-state index contributed by atoms with van der Waals surface area (Å²) in [6, 6.07) is 14.2. The second-order valence-corrected chi connectivity index (χ2v) is 4.40. The molecule has 0 aromatic heterocycles. The third-order valence-corrected chi connectivity index (χ3v) is 2.96. The van der Waals surface area contributed by atoms with E-state index in [4.69, 9.17) is 4.74 Å². The van der Waals surface area contributed by atoms with Gasteiger partial charge >= 0.3 is 0 Å². The van der Waals surface area contributed by atoms with Crippen molar-refractivity contribution in [3.05, 3.63) is 59.9 Å². The van der Waals surface area contributed by atoms with Gasteiger partial charge in [-0.25, -0.2) is 4.39 Å². The number of rotatable bonds is 3. The van der Waals surface area contributed by atoms with Gasteiger partial charge in [0.15, 0.2) is 0 Å². The monoisotopic (exact) mass is 228 g/mol. The molecule has 3 rings (SSSR count). The van der Waals surface area contributed by atoms with Crippen LogP contribution in [0.3, 0.4) is 0 Å². The molecule has 0 aliphatic heterocycles. The van der Waals surface area contributed by atoms with Gasteiger partial charge in [-0.15, -0.1) is 0 Å². The molecule has 1 fully saturated rings. The first-order valence-corrected chi connectivity index (χ1v) is 5.85. The minimum absolute atomic E-state index is 0.246. The van der Waals surface area contributed by atoms with Gasteiger partial charge in [-0.2, -0.15) is 0 Å². The Morgan fingerprint density at radius 2 is 1.71 bits per heavy atom. The van der Waals surface area contributed by atoms with Crippen molar-refractivity contribution in [3.63, 3.8) is 0 Å². The largest absolute Gasteiger partial charge is 0.457 e. The number of hydrogen-bond donors (Lipinski definition) is 0. The van der Waals surface area contributed by atoms with Gasteiger partial charge in [0, 0.05) is 0 Å². The van der Waals surface area contributed by atoms with Crippen LogP contribution in [0.2, 0.25) is 0 Å². The van der Waals surface area contributed by atoms with Gasteiger partial charge in [0.2, 0.25) is 0 Å². The summed E-state index contributed by atoms with van der Waals surface area (Å²) in [6.07, 6.45) is 2.56. The molecule has 2 heteroatoms. The predicted octanol–water partition coefficient (Wildman–Crippen LogP) is 4.50. The van der Waals surface area contributed by atoms with E-state index in [-0.39, 0.29) is 5.82 Å². The first-order chi connectivity index (χ1) is 8.31. The van der Waals surface area contributed by atoms with E-state index < -0.39 is 0 Å². The minimum Gasteiger partial charge on any atom is -0.457 e. The molecule has 0 spiro atoms. The average molecular weight is 228 g/mol. The van der Waals surface area contributed by atoms with Gasteiger partial charge < -0.3 is 4.74 Å². The molecule has 86 valence electrons. The van der Waals surface area contributed by atoms with Crippen LogP contribution in [-0.2, 0) is 0 Å². The molecule has 2 aromatic carbocycles. The van der Waals surface area contributed by atoms with Crippen LogP contribution in [0.1, 0.15) is 24.3 Å². The van der Waals surface area contributed by atoms with E-state index in [1.807, 2.05) is 12.1 Å². The van der Waals surface area contributed by atoms with E-state index in [0.29, 0.717) is 11.7 Å². The summed E-state index contributed by atoms with van der Waals surface area (Å²) in [5.74, 6) is 1.95. The molecular formula is C15H13FO. The van der Waals surface area contributed by atoms with Gasteiger partial charge in [-0.1, -0.05) is 12.1 Å². The molecule has 2 aromatic rings. The quantitative estimate of drug-likeness (QED) is 0.751. The fourth-order valence-electron chi connectivity index (χ4n) is 1.89. The van der Waals surface area contributed by atoms with Crippen molar-refractivity contribution in [2.45, 2.75) is 18.8 Å². The Morgan fingerprint density at radius 3 is 2.41 bits per heavy atom. The molecule has 17 heavy (non-hydrogen) atoms. The summed E-state index contributed by atoms with van der Waals surface area (Å²) in [4.78, 5) is 0. The molecule has 0 radical (unpaired) electrons. The van der Waals surface area contributed by atoms with E-state index in [9.17, 15) is 4.39 Å². The van der Waals surface area contributed by atoms with E-state index in [0.717, 1.165) is 5.75 Å². The fraction of sp³-hybridized carbons (Fsp3) is 0.200. The van der Waals surface area contributed by atoms with Crippen LogP contribution in [0.4, 0.5) is 4.39 Å². The number of ether oxygens (including phenoxy) is 1. The van der Waals surface area contributed by atoms with Crippen molar-refractivity contribution >= 4 is 0 Å². The van der Waals surface area contributed by atoms with E-state index in [1.54, 1.807) is 12.1 Å². The van der Waals surface area contributed by atoms with Crippen molar-refractivity contribution in [2.75, 3.05) is 0 Å². The number of halogens is 1. The fourth-order valence-corrected chi connectivity index (χ4v) is 1.89. The molecule has 0 heterocycles. The predicted molar refractivity (Wildman–Crippen MR) is 64.9 cm³/mol. The highest BCUT2D eigenvalue weighted by molar-refractivity contribution is 5.36. The van der Waals surface area contributed by atoms with Crippen LogP contribution in [0.15, 0.2) is 48.5 Å². The number of benzene rings is 2. The van der Waals surface area contributed by atoms with Crippen molar-refractivity contribution in [3.8, 4) is 11.5 Å². The zero-order chi connectivity index (χ0) is 11.7. The van der Waals surface area contributed by atoms with Gasteiger partial charge in [0.05, 0.1) is 0 Å². The SMILES string of the molecule is Fc1ccc(Oc2cccc(C3CC3)c2)cc1. The molecule has 0 bridgehead atoms. The Kier molecular flexibility index (Phi) is 2.56. The molecule has 0 amide bonds. The van der Waals surface area contributed by atoms with Gasteiger partial charge in [0.1, 0.15) is 17.3 Å².